The van der Waals surface area contributed by atoms with Gasteiger partial charge in [-0.3, -0.25) is 5.84 Å². The highest BCUT2D eigenvalue weighted by Gasteiger charge is 2.20. The van der Waals surface area contributed by atoms with E-state index < -0.39 is 11.9 Å². The van der Waals surface area contributed by atoms with Crippen molar-refractivity contribution in [3.63, 3.8) is 0 Å². The number of benzene rings is 2. The summed E-state index contributed by atoms with van der Waals surface area (Å²) < 4.78 is 18.7. The first-order valence-corrected chi connectivity index (χ1v) is 6.57. The summed E-state index contributed by atoms with van der Waals surface area (Å²) in [4.78, 5) is 0. The van der Waals surface area contributed by atoms with Crippen LogP contribution in [-0.4, -0.2) is 7.11 Å². The van der Waals surface area contributed by atoms with Gasteiger partial charge < -0.3 is 4.74 Å². The third kappa shape index (κ3) is 2.88. The molecule has 2 rings (SSSR count). The molecule has 6 heteroatoms. The van der Waals surface area contributed by atoms with Crippen LogP contribution in [0.25, 0.3) is 0 Å². The van der Waals surface area contributed by atoms with Gasteiger partial charge in [0.1, 0.15) is 0 Å². The topological polar surface area (TPSA) is 47.3 Å². The fourth-order valence-electron chi connectivity index (χ4n) is 1.99. The molecule has 0 aliphatic carbocycles. The third-order valence-electron chi connectivity index (χ3n) is 2.96. The van der Waals surface area contributed by atoms with Crippen molar-refractivity contribution in [2.24, 2.45) is 5.84 Å². The predicted molar refractivity (Wildman–Crippen MR) is 78.6 cm³/mol. The van der Waals surface area contributed by atoms with Gasteiger partial charge in [-0.05, 0) is 29.8 Å². The maximum atomic E-state index is 13.8. The molecule has 0 aliphatic rings. The van der Waals surface area contributed by atoms with Crippen molar-refractivity contribution in [1.82, 2.24) is 5.43 Å². The minimum atomic E-state index is -0.517. The molecule has 0 saturated heterocycles. The van der Waals surface area contributed by atoms with Gasteiger partial charge in [-0.1, -0.05) is 35.3 Å². The van der Waals surface area contributed by atoms with Crippen molar-refractivity contribution in [3.8, 4) is 5.75 Å². The SMILES string of the molecule is COc1ccc(C(NN)c2c(Cl)cccc2Cl)cc1F. The van der Waals surface area contributed by atoms with E-state index in [1.54, 1.807) is 24.3 Å². The summed E-state index contributed by atoms with van der Waals surface area (Å²) in [7, 11) is 1.40. The van der Waals surface area contributed by atoms with Crippen LogP contribution in [0.5, 0.6) is 5.75 Å². The van der Waals surface area contributed by atoms with Crippen molar-refractivity contribution >= 4 is 23.2 Å². The molecule has 0 heterocycles. The second-order valence-corrected chi connectivity index (χ2v) is 4.94. The molecule has 0 aliphatic heterocycles. The van der Waals surface area contributed by atoms with Gasteiger partial charge in [0, 0.05) is 15.6 Å². The standard InChI is InChI=1S/C14H13Cl2FN2O/c1-20-12-6-5-8(7-11(12)17)14(19-18)13-9(15)3-2-4-10(13)16/h2-7,14,19H,18H2,1H3. The molecule has 20 heavy (non-hydrogen) atoms. The lowest BCUT2D eigenvalue weighted by Crippen LogP contribution is -2.29. The van der Waals surface area contributed by atoms with Crippen molar-refractivity contribution in [2.45, 2.75) is 6.04 Å². The van der Waals surface area contributed by atoms with E-state index >= 15 is 0 Å². The van der Waals surface area contributed by atoms with E-state index in [1.165, 1.54) is 19.2 Å². The van der Waals surface area contributed by atoms with Gasteiger partial charge >= 0.3 is 0 Å². The van der Waals surface area contributed by atoms with Gasteiger partial charge in [0.25, 0.3) is 0 Å². The lowest BCUT2D eigenvalue weighted by atomic mass is 9.99. The van der Waals surface area contributed by atoms with Gasteiger partial charge in [-0.25, -0.2) is 9.82 Å². The fourth-order valence-corrected chi connectivity index (χ4v) is 2.61. The molecule has 1 atom stereocenters. The maximum Gasteiger partial charge on any atom is 0.165 e. The van der Waals surface area contributed by atoms with Crippen molar-refractivity contribution in [2.75, 3.05) is 7.11 Å². The summed E-state index contributed by atoms with van der Waals surface area (Å²) in [6.07, 6.45) is 0. The monoisotopic (exact) mass is 314 g/mol. The summed E-state index contributed by atoms with van der Waals surface area (Å²) in [6.45, 7) is 0. The van der Waals surface area contributed by atoms with Crippen LogP contribution in [0.4, 0.5) is 4.39 Å². The molecule has 0 spiro atoms. The number of nitrogens with two attached hydrogens (primary N) is 1. The first-order chi connectivity index (χ1) is 9.58. The lowest BCUT2D eigenvalue weighted by Gasteiger charge is -2.20. The van der Waals surface area contributed by atoms with Gasteiger partial charge in [-0.2, -0.15) is 0 Å². The molecule has 2 aromatic carbocycles. The van der Waals surface area contributed by atoms with Crippen molar-refractivity contribution in [3.05, 3.63) is 63.4 Å². The van der Waals surface area contributed by atoms with E-state index in [1.807, 2.05) is 0 Å². The van der Waals surface area contributed by atoms with Gasteiger partial charge in [-0.15, -0.1) is 0 Å². The fraction of sp³-hybridized carbons (Fsp3) is 0.143. The van der Waals surface area contributed by atoms with Crippen LogP contribution in [0.3, 0.4) is 0 Å². The Hall–Kier alpha value is -1.33. The number of hydrazine groups is 1. The van der Waals surface area contributed by atoms with Crippen LogP contribution in [0.15, 0.2) is 36.4 Å². The Labute approximate surface area is 126 Å². The minimum Gasteiger partial charge on any atom is -0.494 e. The Morgan fingerprint density at radius 1 is 1.20 bits per heavy atom. The average molecular weight is 315 g/mol. The smallest absolute Gasteiger partial charge is 0.165 e. The normalized spacial score (nSPS) is 12.2. The van der Waals surface area contributed by atoms with Gasteiger partial charge in [0.2, 0.25) is 0 Å². The third-order valence-corrected chi connectivity index (χ3v) is 3.62. The molecular weight excluding hydrogens is 302 g/mol. The van der Waals surface area contributed by atoms with Crippen LogP contribution in [0.1, 0.15) is 17.2 Å². The number of hydrogen-bond acceptors (Lipinski definition) is 3. The lowest BCUT2D eigenvalue weighted by molar-refractivity contribution is 0.385. The van der Waals surface area contributed by atoms with Crippen LogP contribution >= 0.6 is 23.2 Å². The highest BCUT2D eigenvalue weighted by molar-refractivity contribution is 6.36. The Kier molecular flexibility index (Phi) is 4.83. The van der Waals surface area contributed by atoms with Gasteiger partial charge in [0.05, 0.1) is 13.2 Å². The van der Waals surface area contributed by atoms with E-state index in [-0.39, 0.29) is 5.75 Å². The first kappa shape index (κ1) is 15.1. The van der Waals surface area contributed by atoms with E-state index in [2.05, 4.69) is 5.43 Å². The number of nitrogens with one attached hydrogen (secondary N) is 1. The zero-order valence-corrected chi connectivity index (χ0v) is 12.2. The second kappa shape index (κ2) is 6.41. The van der Waals surface area contributed by atoms with E-state index in [0.717, 1.165) is 0 Å². The summed E-state index contributed by atoms with van der Waals surface area (Å²) in [5, 5.41) is 0.911. The van der Waals surface area contributed by atoms with Crippen molar-refractivity contribution < 1.29 is 9.13 Å². The highest BCUT2D eigenvalue weighted by Crippen LogP contribution is 2.34. The molecule has 3 nitrogen and oxygen atoms in total. The molecule has 106 valence electrons. The largest absolute Gasteiger partial charge is 0.494 e. The van der Waals surface area contributed by atoms with Crippen LogP contribution < -0.4 is 16.0 Å². The van der Waals surface area contributed by atoms with Crippen molar-refractivity contribution in [1.29, 1.82) is 0 Å². The number of methoxy groups -OCH3 is 1. The maximum absolute atomic E-state index is 13.8. The second-order valence-electron chi connectivity index (χ2n) is 4.13. The number of halogens is 3. The van der Waals surface area contributed by atoms with E-state index in [0.29, 0.717) is 21.2 Å². The Bertz CT molecular complexity index is 602. The molecule has 0 aromatic heterocycles. The zero-order chi connectivity index (χ0) is 14.7. The predicted octanol–water partition coefficient (Wildman–Crippen LogP) is 3.69. The van der Waals surface area contributed by atoms with E-state index in [4.69, 9.17) is 33.8 Å². The highest BCUT2D eigenvalue weighted by atomic mass is 35.5. The molecule has 0 radical (unpaired) electrons. The Balaban J connectivity index is 2.50. The molecule has 2 aromatic rings. The minimum absolute atomic E-state index is 0.162. The summed E-state index contributed by atoms with van der Waals surface area (Å²) in [5.41, 5.74) is 3.80. The van der Waals surface area contributed by atoms with Crippen LogP contribution in [0.2, 0.25) is 10.0 Å². The molecular formula is C14H13Cl2FN2O. The molecule has 1 unspecified atom stereocenters. The molecule has 3 N–H and O–H groups in total. The van der Waals surface area contributed by atoms with Crippen LogP contribution in [0, 0.1) is 5.82 Å². The first-order valence-electron chi connectivity index (χ1n) is 5.82. The van der Waals surface area contributed by atoms with Crippen LogP contribution in [-0.2, 0) is 0 Å². The number of hydrogen-bond donors (Lipinski definition) is 2. The quantitative estimate of drug-likeness (QED) is 0.668. The summed E-state index contributed by atoms with van der Waals surface area (Å²) in [6, 6.07) is 9.18. The summed E-state index contributed by atoms with van der Waals surface area (Å²) >= 11 is 12.3. The molecule has 0 saturated carbocycles. The zero-order valence-electron chi connectivity index (χ0n) is 10.7. The van der Waals surface area contributed by atoms with E-state index in [9.17, 15) is 4.39 Å². The Morgan fingerprint density at radius 2 is 1.85 bits per heavy atom. The number of rotatable bonds is 4. The number of ether oxygens (including phenoxy) is 1. The molecule has 0 amide bonds. The van der Waals surface area contributed by atoms with Gasteiger partial charge in [0.15, 0.2) is 11.6 Å². The molecule has 0 fully saturated rings. The summed E-state index contributed by atoms with van der Waals surface area (Å²) in [5.74, 6) is 5.26. The average Bonchev–Trinajstić information content (AvgIpc) is 2.43. The molecule has 0 bridgehead atoms. The Morgan fingerprint density at radius 3 is 2.35 bits per heavy atom.